The van der Waals surface area contributed by atoms with Gasteiger partial charge in [-0.25, -0.2) is 9.59 Å². The van der Waals surface area contributed by atoms with Crippen molar-refractivity contribution in [2.75, 3.05) is 32.7 Å². The highest BCUT2D eigenvalue weighted by Gasteiger charge is 2.40. The van der Waals surface area contributed by atoms with E-state index in [9.17, 15) is 14.4 Å². The number of carbonyl (C=O) groups is 3. The molecule has 166 valence electrons. The van der Waals surface area contributed by atoms with Crippen LogP contribution in [-0.2, 0) is 20.9 Å². The Labute approximate surface area is 178 Å². The molecule has 1 fully saturated rings. The third-order valence-corrected chi connectivity index (χ3v) is 4.83. The number of ether oxygens (including phenoxy) is 2. The van der Waals surface area contributed by atoms with Crippen LogP contribution in [0.25, 0.3) is 0 Å². The molecule has 1 aromatic carbocycles. The van der Waals surface area contributed by atoms with E-state index >= 15 is 0 Å². The topological polar surface area (TPSA) is 79.4 Å². The SMILES string of the molecule is CCN(CC)C(=O)C1CN(C(=O)OC(C)(C)C)CCN1C(=O)OCc1ccccc1. The minimum Gasteiger partial charge on any atom is -0.445 e. The van der Waals surface area contributed by atoms with E-state index in [1.807, 2.05) is 44.2 Å². The third-order valence-electron chi connectivity index (χ3n) is 4.83. The van der Waals surface area contributed by atoms with Crippen LogP contribution in [0.4, 0.5) is 9.59 Å². The highest BCUT2D eigenvalue weighted by atomic mass is 16.6. The molecule has 0 spiro atoms. The maximum Gasteiger partial charge on any atom is 0.410 e. The Hall–Kier alpha value is -2.77. The van der Waals surface area contributed by atoms with Crippen LogP contribution in [0.1, 0.15) is 40.2 Å². The molecule has 8 nitrogen and oxygen atoms in total. The van der Waals surface area contributed by atoms with Crippen molar-refractivity contribution in [3.63, 3.8) is 0 Å². The Morgan fingerprint density at radius 2 is 1.67 bits per heavy atom. The van der Waals surface area contributed by atoms with Crippen LogP contribution in [0, 0.1) is 0 Å². The summed E-state index contributed by atoms with van der Waals surface area (Å²) in [5, 5.41) is 0. The molecule has 30 heavy (non-hydrogen) atoms. The predicted molar refractivity (Wildman–Crippen MR) is 113 cm³/mol. The minimum atomic E-state index is -0.811. The van der Waals surface area contributed by atoms with Gasteiger partial charge in [-0.15, -0.1) is 0 Å². The van der Waals surface area contributed by atoms with Crippen LogP contribution in [0.2, 0.25) is 0 Å². The number of nitrogens with zero attached hydrogens (tertiary/aromatic N) is 3. The number of piperazine rings is 1. The normalized spacial score (nSPS) is 16.8. The first kappa shape index (κ1) is 23.5. The van der Waals surface area contributed by atoms with Crippen LogP contribution in [-0.4, -0.2) is 77.2 Å². The zero-order valence-corrected chi connectivity index (χ0v) is 18.6. The molecule has 0 saturated carbocycles. The van der Waals surface area contributed by atoms with Crippen molar-refractivity contribution in [3.8, 4) is 0 Å². The van der Waals surface area contributed by atoms with Gasteiger partial charge in [0.2, 0.25) is 5.91 Å². The average Bonchev–Trinajstić information content (AvgIpc) is 2.72. The van der Waals surface area contributed by atoms with Gasteiger partial charge in [0.15, 0.2) is 0 Å². The lowest BCUT2D eigenvalue weighted by atomic mass is 10.1. The fraction of sp³-hybridized carbons (Fsp3) is 0.591. The standard InChI is InChI=1S/C22H33N3O5/c1-6-23(7-2)19(26)18-15-24(20(27)30-22(3,4)5)13-14-25(18)21(28)29-16-17-11-9-8-10-12-17/h8-12,18H,6-7,13-16H2,1-5H3. The molecule has 1 heterocycles. The van der Waals surface area contributed by atoms with Crippen molar-refractivity contribution in [2.45, 2.75) is 52.9 Å². The fourth-order valence-corrected chi connectivity index (χ4v) is 3.25. The molecule has 1 unspecified atom stereocenters. The molecule has 0 aliphatic carbocycles. The number of hydrogen-bond acceptors (Lipinski definition) is 5. The zero-order chi connectivity index (χ0) is 22.3. The van der Waals surface area contributed by atoms with Crippen LogP contribution >= 0.6 is 0 Å². The second-order valence-corrected chi connectivity index (χ2v) is 8.19. The Morgan fingerprint density at radius 1 is 1.03 bits per heavy atom. The molecule has 1 saturated heterocycles. The van der Waals surface area contributed by atoms with Crippen molar-refractivity contribution < 1.29 is 23.9 Å². The van der Waals surface area contributed by atoms with Crippen molar-refractivity contribution in [1.29, 1.82) is 0 Å². The van der Waals surface area contributed by atoms with Crippen molar-refractivity contribution in [3.05, 3.63) is 35.9 Å². The molecular weight excluding hydrogens is 386 g/mol. The second-order valence-electron chi connectivity index (χ2n) is 8.19. The summed E-state index contributed by atoms with van der Waals surface area (Å²) in [5.41, 5.74) is 0.228. The summed E-state index contributed by atoms with van der Waals surface area (Å²) in [7, 11) is 0. The molecule has 1 aliphatic heterocycles. The van der Waals surface area contributed by atoms with Gasteiger partial charge >= 0.3 is 12.2 Å². The van der Waals surface area contributed by atoms with Gasteiger partial charge in [-0.3, -0.25) is 9.69 Å². The van der Waals surface area contributed by atoms with Gasteiger partial charge in [-0.2, -0.15) is 0 Å². The average molecular weight is 420 g/mol. The van der Waals surface area contributed by atoms with Gasteiger partial charge < -0.3 is 19.3 Å². The van der Waals surface area contributed by atoms with E-state index in [0.717, 1.165) is 5.56 Å². The molecule has 2 rings (SSSR count). The smallest absolute Gasteiger partial charge is 0.410 e. The molecule has 0 bridgehead atoms. The first-order valence-corrected chi connectivity index (χ1v) is 10.4. The minimum absolute atomic E-state index is 0.0741. The second kappa shape index (κ2) is 10.3. The van der Waals surface area contributed by atoms with Crippen molar-refractivity contribution in [1.82, 2.24) is 14.7 Å². The van der Waals surface area contributed by atoms with E-state index in [1.54, 1.807) is 25.7 Å². The van der Waals surface area contributed by atoms with E-state index in [2.05, 4.69) is 0 Å². The van der Waals surface area contributed by atoms with Crippen LogP contribution in [0.5, 0.6) is 0 Å². The van der Waals surface area contributed by atoms with E-state index in [1.165, 1.54) is 9.80 Å². The number of amides is 3. The maximum absolute atomic E-state index is 13.1. The number of carbonyl (C=O) groups excluding carboxylic acids is 3. The summed E-state index contributed by atoms with van der Waals surface area (Å²) in [6.45, 7) is 10.9. The molecule has 8 heteroatoms. The molecule has 0 radical (unpaired) electrons. The number of likely N-dealkylation sites (N-methyl/N-ethyl adjacent to an activating group) is 1. The van der Waals surface area contributed by atoms with Crippen molar-refractivity contribution >= 4 is 18.1 Å². The summed E-state index contributed by atoms with van der Waals surface area (Å²) in [6, 6.07) is 8.55. The Balaban J connectivity index is 2.13. The van der Waals surface area contributed by atoms with Gasteiger partial charge in [0.05, 0.1) is 6.54 Å². The highest BCUT2D eigenvalue weighted by Crippen LogP contribution is 2.18. The molecule has 1 aliphatic rings. The number of benzene rings is 1. The number of hydrogen-bond donors (Lipinski definition) is 0. The molecular formula is C22H33N3O5. The Bertz CT molecular complexity index is 728. The molecule has 0 N–H and O–H groups in total. The van der Waals surface area contributed by atoms with Crippen LogP contribution in [0.15, 0.2) is 30.3 Å². The van der Waals surface area contributed by atoms with Gasteiger partial charge in [-0.1, -0.05) is 30.3 Å². The summed E-state index contributed by atoms with van der Waals surface area (Å²) < 4.78 is 10.9. The van der Waals surface area contributed by atoms with E-state index < -0.39 is 23.8 Å². The molecule has 1 aromatic rings. The molecule has 1 atom stereocenters. The highest BCUT2D eigenvalue weighted by molar-refractivity contribution is 5.87. The summed E-state index contributed by atoms with van der Waals surface area (Å²) >= 11 is 0. The summed E-state index contributed by atoms with van der Waals surface area (Å²) in [6.07, 6.45) is -1.05. The fourth-order valence-electron chi connectivity index (χ4n) is 3.25. The quantitative estimate of drug-likeness (QED) is 0.733. The van der Waals surface area contributed by atoms with E-state index in [0.29, 0.717) is 13.1 Å². The lowest BCUT2D eigenvalue weighted by molar-refractivity contribution is -0.138. The molecule has 3 amide bonds. The van der Waals surface area contributed by atoms with Crippen LogP contribution in [0.3, 0.4) is 0 Å². The number of rotatable bonds is 5. The van der Waals surface area contributed by atoms with Gasteiger partial charge in [0, 0.05) is 26.2 Å². The summed E-state index contributed by atoms with van der Waals surface area (Å²) in [4.78, 5) is 43.0. The van der Waals surface area contributed by atoms with E-state index in [4.69, 9.17) is 9.47 Å². The molecule has 0 aromatic heterocycles. The largest absolute Gasteiger partial charge is 0.445 e. The first-order valence-electron chi connectivity index (χ1n) is 10.4. The van der Waals surface area contributed by atoms with Gasteiger partial charge in [0.25, 0.3) is 0 Å². The van der Waals surface area contributed by atoms with Gasteiger partial charge in [-0.05, 0) is 40.2 Å². The third kappa shape index (κ3) is 6.37. The first-order chi connectivity index (χ1) is 14.2. The van der Waals surface area contributed by atoms with Crippen LogP contribution < -0.4 is 0 Å². The lowest BCUT2D eigenvalue weighted by Crippen LogP contribution is -2.62. The zero-order valence-electron chi connectivity index (χ0n) is 18.6. The lowest BCUT2D eigenvalue weighted by Gasteiger charge is -2.41. The van der Waals surface area contributed by atoms with Gasteiger partial charge in [0.1, 0.15) is 18.2 Å². The van der Waals surface area contributed by atoms with E-state index in [-0.39, 0.29) is 32.1 Å². The monoisotopic (exact) mass is 419 g/mol. The maximum atomic E-state index is 13.1. The Morgan fingerprint density at radius 3 is 2.23 bits per heavy atom. The predicted octanol–water partition coefficient (Wildman–Crippen LogP) is 3.11. The summed E-state index contributed by atoms with van der Waals surface area (Å²) in [5.74, 6) is -0.204. The Kier molecular flexibility index (Phi) is 8.08. The van der Waals surface area contributed by atoms with Crippen molar-refractivity contribution in [2.24, 2.45) is 0 Å².